The van der Waals surface area contributed by atoms with Gasteiger partial charge in [0.05, 0.1) is 6.54 Å². The fraction of sp³-hybridized carbons (Fsp3) is 0.545. The Hall–Kier alpha value is -2.94. The SMILES string of the molecule is O=C(CNc1ccc2c(c1)CN(C1CCC(=O)NC1=O)C2=O)NCCCCCCCO. The summed E-state index contributed by atoms with van der Waals surface area (Å²) in [6.07, 6.45) is 5.38. The van der Waals surface area contributed by atoms with E-state index in [2.05, 4.69) is 16.0 Å². The molecule has 0 spiro atoms. The molecule has 0 saturated carbocycles. The maximum atomic E-state index is 12.7. The van der Waals surface area contributed by atoms with Crippen LogP contribution in [0.4, 0.5) is 5.69 Å². The summed E-state index contributed by atoms with van der Waals surface area (Å²) in [7, 11) is 0. The number of carbonyl (C=O) groups is 4. The van der Waals surface area contributed by atoms with E-state index in [1.165, 1.54) is 4.90 Å². The molecule has 4 N–H and O–H groups in total. The molecule has 0 radical (unpaired) electrons. The Morgan fingerprint density at radius 3 is 2.68 bits per heavy atom. The second kappa shape index (κ2) is 10.9. The van der Waals surface area contributed by atoms with Gasteiger partial charge in [0.15, 0.2) is 0 Å². The highest BCUT2D eigenvalue weighted by molar-refractivity contribution is 6.05. The van der Waals surface area contributed by atoms with E-state index in [1.54, 1.807) is 12.1 Å². The molecule has 1 unspecified atom stereocenters. The maximum Gasteiger partial charge on any atom is 0.255 e. The minimum Gasteiger partial charge on any atom is -0.396 e. The van der Waals surface area contributed by atoms with Crippen LogP contribution in [0, 0.1) is 0 Å². The number of rotatable bonds is 11. The summed E-state index contributed by atoms with van der Waals surface area (Å²) >= 11 is 0. The monoisotopic (exact) mass is 430 g/mol. The Morgan fingerprint density at radius 1 is 1.13 bits per heavy atom. The highest BCUT2D eigenvalue weighted by atomic mass is 16.3. The lowest BCUT2D eigenvalue weighted by atomic mass is 10.0. The number of anilines is 1. The van der Waals surface area contributed by atoms with Crippen molar-refractivity contribution in [3.05, 3.63) is 29.3 Å². The molecule has 3 rings (SSSR count). The molecule has 1 saturated heterocycles. The van der Waals surface area contributed by atoms with Gasteiger partial charge in [-0.3, -0.25) is 24.5 Å². The van der Waals surface area contributed by atoms with Gasteiger partial charge in [0.2, 0.25) is 17.7 Å². The number of fused-ring (bicyclic) bond motifs is 1. The van der Waals surface area contributed by atoms with Crippen molar-refractivity contribution >= 4 is 29.3 Å². The average Bonchev–Trinajstić information content (AvgIpc) is 3.07. The smallest absolute Gasteiger partial charge is 0.255 e. The molecule has 0 aliphatic carbocycles. The number of piperidine rings is 1. The van der Waals surface area contributed by atoms with Crippen molar-refractivity contribution in [3.8, 4) is 0 Å². The quantitative estimate of drug-likeness (QED) is 0.305. The van der Waals surface area contributed by atoms with Crippen LogP contribution in [0.1, 0.15) is 60.9 Å². The van der Waals surface area contributed by atoms with E-state index in [9.17, 15) is 19.2 Å². The van der Waals surface area contributed by atoms with E-state index >= 15 is 0 Å². The summed E-state index contributed by atoms with van der Waals surface area (Å²) in [5.41, 5.74) is 2.07. The van der Waals surface area contributed by atoms with Gasteiger partial charge in [-0.2, -0.15) is 0 Å². The minimum absolute atomic E-state index is 0.0999. The first-order valence-electron chi connectivity index (χ1n) is 10.9. The Kier molecular flexibility index (Phi) is 8.00. The highest BCUT2D eigenvalue weighted by Crippen LogP contribution is 2.29. The first kappa shape index (κ1) is 22.7. The first-order valence-corrected chi connectivity index (χ1v) is 10.9. The zero-order chi connectivity index (χ0) is 22.2. The number of imide groups is 1. The van der Waals surface area contributed by atoms with Gasteiger partial charge < -0.3 is 20.6 Å². The Morgan fingerprint density at radius 2 is 1.90 bits per heavy atom. The van der Waals surface area contributed by atoms with Crippen LogP contribution in [0.3, 0.4) is 0 Å². The molecule has 1 fully saturated rings. The zero-order valence-corrected chi connectivity index (χ0v) is 17.6. The molecule has 4 amide bonds. The Labute approximate surface area is 181 Å². The van der Waals surface area contributed by atoms with E-state index in [4.69, 9.17) is 5.11 Å². The van der Waals surface area contributed by atoms with Gasteiger partial charge >= 0.3 is 0 Å². The predicted octanol–water partition coefficient (Wildman–Crippen LogP) is 0.918. The molecule has 1 aromatic rings. The van der Waals surface area contributed by atoms with Gasteiger partial charge in [-0.05, 0) is 43.0 Å². The second-order valence-electron chi connectivity index (χ2n) is 7.97. The molecule has 168 valence electrons. The number of hydrogen-bond acceptors (Lipinski definition) is 6. The summed E-state index contributed by atoms with van der Waals surface area (Å²) in [6, 6.07) is 4.64. The van der Waals surface area contributed by atoms with E-state index in [1.807, 2.05) is 6.07 Å². The van der Waals surface area contributed by atoms with Crippen LogP contribution in [0.15, 0.2) is 18.2 Å². The third kappa shape index (κ3) is 6.04. The standard InChI is InChI=1S/C22H30N4O5/c27-11-5-3-1-2-4-10-23-20(29)13-24-16-6-7-17-15(12-16)14-26(22(17)31)18-8-9-19(28)25-21(18)30/h6-7,12,18,24,27H,1-5,8-11,13-14H2,(H,23,29)(H,25,28,30). The van der Waals surface area contributed by atoms with Gasteiger partial charge in [0.25, 0.3) is 5.91 Å². The van der Waals surface area contributed by atoms with Gasteiger partial charge in [-0.25, -0.2) is 0 Å². The molecule has 1 atom stereocenters. The van der Waals surface area contributed by atoms with Gasteiger partial charge in [0.1, 0.15) is 6.04 Å². The highest BCUT2D eigenvalue weighted by Gasteiger charge is 2.39. The van der Waals surface area contributed by atoms with Crippen molar-refractivity contribution in [2.75, 3.05) is 25.0 Å². The van der Waals surface area contributed by atoms with Crippen LogP contribution in [0.2, 0.25) is 0 Å². The maximum absolute atomic E-state index is 12.7. The third-order valence-electron chi connectivity index (χ3n) is 5.63. The molecule has 31 heavy (non-hydrogen) atoms. The number of amides is 4. The summed E-state index contributed by atoms with van der Waals surface area (Å²) in [5.74, 6) is -1.05. The molecule has 2 heterocycles. The molecule has 2 aliphatic rings. The number of carbonyl (C=O) groups excluding carboxylic acids is 4. The lowest BCUT2D eigenvalue weighted by Crippen LogP contribution is -2.52. The summed E-state index contributed by atoms with van der Waals surface area (Å²) in [5, 5.41) is 17.0. The molecule has 2 aliphatic heterocycles. The predicted molar refractivity (Wildman–Crippen MR) is 114 cm³/mol. The Bertz CT molecular complexity index is 841. The number of unbranched alkanes of at least 4 members (excludes halogenated alkanes) is 4. The van der Waals surface area contributed by atoms with Crippen LogP contribution in [-0.4, -0.2) is 59.4 Å². The van der Waals surface area contributed by atoms with Crippen LogP contribution in [-0.2, 0) is 20.9 Å². The summed E-state index contributed by atoms with van der Waals surface area (Å²) < 4.78 is 0. The lowest BCUT2D eigenvalue weighted by Gasteiger charge is -2.29. The van der Waals surface area contributed by atoms with Crippen molar-refractivity contribution in [2.24, 2.45) is 0 Å². The van der Waals surface area contributed by atoms with E-state index < -0.39 is 11.9 Å². The van der Waals surface area contributed by atoms with Gasteiger partial charge in [-0.15, -0.1) is 0 Å². The molecular formula is C22H30N4O5. The normalized spacial score (nSPS) is 18.0. The van der Waals surface area contributed by atoms with Crippen LogP contribution in [0.25, 0.3) is 0 Å². The van der Waals surface area contributed by atoms with E-state index in [0.29, 0.717) is 25.1 Å². The lowest BCUT2D eigenvalue weighted by molar-refractivity contribution is -0.137. The van der Waals surface area contributed by atoms with Gasteiger partial charge in [-0.1, -0.05) is 19.3 Å². The minimum atomic E-state index is -0.636. The van der Waals surface area contributed by atoms with Crippen molar-refractivity contribution in [1.82, 2.24) is 15.5 Å². The van der Waals surface area contributed by atoms with Crippen molar-refractivity contribution in [2.45, 2.75) is 57.5 Å². The largest absolute Gasteiger partial charge is 0.396 e. The number of nitrogens with one attached hydrogen (secondary N) is 3. The molecule has 0 aromatic heterocycles. The molecule has 9 heteroatoms. The fourth-order valence-corrected chi connectivity index (χ4v) is 3.92. The number of aliphatic hydroxyl groups is 1. The van der Waals surface area contributed by atoms with E-state index in [-0.39, 0.29) is 37.3 Å². The molecule has 1 aromatic carbocycles. The third-order valence-corrected chi connectivity index (χ3v) is 5.63. The summed E-state index contributed by atoms with van der Waals surface area (Å²) in [6.45, 7) is 1.29. The van der Waals surface area contributed by atoms with Crippen molar-refractivity contribution in [3.63, 3.8) is 0 Å². The molecular weight excluding hydrogens is 400 g/mol. The second-order valence-corrected chi connectivity index (χ2v) is 7.97. The number of nitrogens with zero attached hydrogens (tertiary/aromatic N) is 1. The van der Waals surface area contributed by atoms with Crippen molar-refractivity contribution in [1.29, 1.82) is 0 Å². The fourth-order valence-electron chi connectivity index (χ4n) is 3.92. The van der Waals surface area contributed by atoms with E-state index in [0.717, 1.165) is 43.4 Å². The number of aliphatic hydroxyl groups excluding tert-OH is 1. The summed E-state index contributed by atoms with van der Waals surface area (Å²) in [4.78, 5) is 49.7. The Balaban J connectivity index is 1.44. The average molecular weight is 431 g/mol. The number of benzene rings is 1. The van der Waals surface area contributed by atoms with Crippen LogP contribution < -0.4 is 16.0 Å². The topological polar surface area (TPSA) is 128 Å². The number of hydrogen-bond donors (Lipinski definition) is 4. The zero-order valence-electron chi connectivity index (χ0n) is 17.6. The molecule has 0 bridgehead atoms. The first-order chi connectivity index (χ1) is 15.0. The molecule has 9 nitrogen and oxygen atoms in total. The van der Waals surface area contributed by atoms with Gasteiger partial charge in [0, 0.05) is 37.4 Å². The van der Waals surface area contributed by atoms with Crippen LogP contribution >= 0.6 is 0 Å². The van der Waals surface area contributed by atoms with Crippen LogP contribution in [0.5, 0.6) is 0 Å². The van der Waals surface area contributed by atoms with Crippen molar-refractivity contribution < 1.29 is 24.3 Å².